The molecule has 2 rings (SSSR count). The zero-order valence-corrected chi connectivity index (χ0v) is 16.3. The number of aromatic amines is 1. The highest BCUT2D eigenvalue weighted by atomic mass is 31.3. The number of rotatable bonds is 8. The van der Waals surface area contributed by atoms with Crippen LogP contribution in [0.2, 0.25) is 0 Å². The zero-order valence-electron chi connectivity index (χ0n) is 13.7. The summed E-state index contributed by atoms with van der Waals surface area (Å²) >= 11 is 0. The smallest absolute Gasteiger partial charge is 0.330 e. The van der Waals surface area contributed by atoms with Gasteiger partial charge in [-0.2, -0.15) is 0 Å². The third-order valence-electron chi connectivity index (χ3n) is 3.26. The van der Waals surface area contributed by atoms with Gasteiger partial charge in [-0.25, -0.2) is 9.11 Å². The highest BCUT2D eigenvalue weighted by Gasteiger charge is 2.44. The second kappa shape index (κ2) is 8.61. The Morgan fingerprint density at radius 1 is 1.07 bits per heavy atom. The van der Waals surface area contributed by atoms with Crippen LogP contribution in [0.5, 0.6) is 0 Å². The van der Waals surface area contributed by atoms with Gasteiger partial charge < -0.3 is 43.6 Å². The van der Waals surface area contributed by atoms with Crippen LogP contribution in [0.25, 0.3) is 0 Å². The van der Waals surface area contributed by atoms with Crippen molar-refractivity contribution < 1.29 is 61.4 Å². The van der Waals surface area contributed by atoms with Crippen LogP contribution in [-0.4, -0.2) is 44.7 Å². The van der Waals surface area contributed by atoms with Crippen molar-refractivity contribution in [3.63, 3.8) is 0 Å². The SMILES string of the molecule is O=c1ccn(C2OC(COP(=O)([O-])OP(=O)([O-])OP(=O)([O-])[O-])C(O)C2O)c(=O)[nH]1. The van der Waals surface area contributed by atoms with Crippen molar-refractivity contribution in [1.29, 1.82) is 0 Å². The Kier molecular flexibility index (Phi) is 7.20. The van der Waals surface area contributed by atoms with Crippen LogP contribution >= 0.6 is 23.5 Å². The molecule has 1 aromatic heterocycles. The molecule has 29 heavy (non-hydrogen) atoms. The van der Waals surface area contributed by atoms with Gasteiger partial charge in [0.25, 0.3) is 21.2 Å². The second-order valence-corrected chi connectivity index (χ2v) is 9.61. The Hall–Kier alpha value is -1.03. The average molecular weight is 480 g/mol. The Bertz CT molecular complexity index is 997. The van der Waals surface area contributed by atoms with E-state index in [1.165, 1.54) is 0 Å². The van der Waals surface area contributed by atoms with Gasteiger partial charge in [0, 0.05) is 12.3 Å². The maximum atomic E-state index is 11.7. The summed E-state index contributed by atoms with van der Waals surface area (Å²) in [6, 6.07) is 0.893. The highest BCUT2D eigenvalue weighted by molar-refractivity contribution is 7.64. The summed E-state index contributed by atoms with van der Waals surface area (Å²) in [5.74, 6) is 0. The van der Waals surface area contributed by atoms with Crippen LogP contribution in [0.1, 0.15) is 6.23 Å². The molecule has 20 heteroatoms. The molecule has 0 aliphatic carbocycles. The van der Waals surface area contributed by atoms with E-state index in [-0.39, 0.29) is 0 Å². The predicted molar refractivity (Wildman–Crippen MR) is 78.2 cm³/mol. The molecule has 0 bridgehead atoms. The van der Waals surface area contributed by atoms with E-state index >= 15 is 0 Å². The minimum Gasteiger partial charge on any atom is -0.790 e. The van der Waals surface area contributed by atoms with Crippen molar-refractivity contribution in [2.45, 2.75) is 24.5 Å². The van der Waals surface area contributed by atoms with E-state index in [0.717, 1.165) is 12.3 Å². The number of hydrogen-bond donors (Lipinski definition) is 3. The topological polar surface area (TPSA) is 276 Å². The molecule has 6 atom stereocenters. The predicted octanol–water partition coefficient (Wildman–Crippen LogP) is -5.03. The van der Waals surface area contributed by atoms with Crippen LogP contribution in [0.4, 0.5) is 0 Å². The lowest BCUT2D eigenvalue weighted by molar-refractivity contribution is -0.339. The first-order valence-electron chi connectivity index (χ1n) is 7.15. The first kappa shape index (κ1) is 24.2. The van der Waals surface area contributed by atoms with Gasteiger partial charge in [-0.1, -0.05) is 0 Å². The van der Waals surface area contributed by atoms with E-state index < -0.39 is 65.9 Å². The maximum Gasteiger partial charge on any atom is 0.330 e. The minimum absolute atomic E-state index is 0.669. The number of aromatic nitrogens is 2. The summed E-state index contributed by atoms with van der Waals surface area (Å²) in [4.78, 5) is 67.6. The zero-order chi connectivity index (χ0) is 22.2. The van der Waals surface area contributed by atoms with E-state index in [4.69, 9.17) is 4.74 Å². The fourth-order valence-electron chi connectivity index (χ4n) is 2.17. The van der Waals surface area contributed by atoms with Crippen molar-refractivity contribution in [3.05, 3.63) is 33.1 Å². The standard InChI is InChI=1S/C9H15N2O15P3/c12-5-1-2-11(9(15)10-5)8-7(14)6(13)4(24-8)3-23-28(19,20)26-29(21,22)25-27(16,17)18/h1-2,4,6-8,13-14H,3H2,(H,19,20)(H,21,22)(H,10,12,15)(H2,16,17,18)/p-4. The number of phosphoric ester groups is 1. The van der Waals surface area contributed by atoms with Gasteiger partial charge in [-0.05, 0) is 0 Å². The van der Waals surface area contributed by atoms with E-state index in [1.807, 2.05) is 4.98 Å². The monoisotopic (exact) mass is 480 g/mol. The van der Waals surface area contributed by atoms with Gasteiger partial charge in [0.05, 0.1) is 14.4 Å². The molecular formula is C9H11N2O15P3-4. The summed E-state index contributed by atoms with van der Waals surface area (Å²) in [6.45, 7) is -1.17. The Balaban J connectivity index is 2.06. The van der Waals surface area contributed by atoms with Gasteiger partial charge in [-0.3, -0.25) is 27.8 Å². The molecule has 166 valence electrons. The molecule has 1 aromatic rings. The lowest BCUT2D eigenvalue weighted by atomic mass is 10.1. The third kappa shape index (κ3) is 6.73. The van der Waals surface area contributed by atoms with Gasteiger partial charge in [-0.15, -0.1) is 0 Å². The molecule has 0 saturated carbocycles. The molecule has 1 aliphatic heterocycles. The van der Waals surface area contributed by atoms with Gasteiger partial charge >= 0.3 is 5.69 Å². The number of hydrogen-bond acceptors (Lipinski definition) is 15. The van der Waals surface area contributed by atoms with Gasteiger partial charge in [0.2, 0.25) is 0 Å². The fourth-order valence-corrected chi connectivity index (χ4v) is 5.04. The number of nitrogens with zero attached hydrogens (tertiary/aromatic N) is 1. The quantitative estimate of drug-likeness (QED) is 0.294. The molecule has 6 unspecified atom stereocenters. The normalized spacial score (nSPS) is 29.3. The number of H-pyrrole nitrogens is 1. The van der Waals surface area contributed by atoms with Crippen LogP contribution in [-0.2, 0) is 31.6 Å². The first-order valence-corrected chi connectivity index (χ1v) is 11.5. The summed E-state index contributed by atoms with van der Waals surface area (Å²) < 4.78 is 48.9. The minimum atomic E-state index is -6.17. The van der Waals surface area contributed by atoms with Crippen molar-refractivity contribution >= 4 is 23.5 Å². The maximum absolute atomic E-state index is 11.7. The summed E-state index contributed by atoms with van der Waals surface area (Å²) in [7, 11) is -18.2. The molecule has 17 nitrogen and oxygen atoms in total. The van der Waals surface area contributed by atoms with Crippen molar-refractivity contribution in [2.75, 3.05) is 6.61 Å². The Morgan fingerprint density at radius 2 is 1.69 bits per heavy atom. The largest absolute Gasteiger partial charge is 0.790 e. The molecule has 1 saturated heterocycles. The highest BCUT2D eigenvalue weighted by Crippen LogP contribution is 2.60. The van der Waals surface area contributed by atoms with Crippen LogP contribution in [0.15, 0.2) is 21.9 Å². The molecule has 0 aromatic carbocycles. The second-order valence-electron chi connectivity index (χ2n) is 5.36. The Morgan fingerprint density at radius 3 is 2.24 bits per heavy atom. The molecule has 0 spiro atoms. The van der Waals surface area contributed by atoms with Crippen LogP contribution in [0.3, 0.4) is 0 Å². The molecule has 1 aliphatic rings. The van der Waals surface area contributed by atoms with Crippen LogP contribution < -0.4 is 30.8 Å². The molecule has 2 heterocycles. The van der Waals surface area contributed by atoms with E-state index in [9.17, 15) is 53.1 Å². The van der Waals surface area contributed by atoms with Crippen molar-refractivity contribution in [1.82, 2.24) is 9.55 Å². The number of ether oxygens (including phenoxy) is 1. The molecule has 3 N–H and O–H groups in total. The summed E-state index contributed by atoms with van der Waals surface area (Å²) in [6.07, 6.45) is -5.98. The molecule has 0 amide bonds. The number of nitrogens with one attached hydrogen (secondary N) is 1. The van der Waals surface area contributed by atoms with E-state index in [2.05, 4.69) is 13.1 Å². The van der Waals surface area contributed by atoms with E-state index in [1.54, 1.807) is 0 Å². The lowest BCUT2D eigenvalue weighted by Crippen LogP contribution is -2.37. The fraction of sp³-hybridized carbons (Fsp3) is 0.556. The van der Waals surface area contributed by atoms with Crippen LogP contribution in [0, 0.1) is 0 Å². The first-order chi connectivity index (χ1) is 13.1. The van der Waals surface area contributed by atoms with E-state index in [0.29, 0.717) is 4.57 Å². The molecule has 1 fully saturated rings. The van der Waals surface area contributed by atoms with Crippen molar-refractivity contribution in [3.8, 4) is 0 Å². The number of aliphatic hydroxyl groups excluding tert-OH is 2. The average Bonchev–Trinajstić information content (AvgIpc) is 2.78. The molecule has 0 radical (unpaired) electrons. The van der Waals surface area contributed by atoms with Gasteiger partial charge in [0.1, 0.15) is 18.3 Å². The van der Waals surface area contributed by atoms with Gasteiger partial charge in [0.15, 0.2) is 6.23 Å². The summed E-state index contributed by atoms with van der Waals surface area (Å²) in [5, 5.41) is 19.8. The number of phosphoric acid groups is 3. The van der Waals surface area contributed by atoms with Crippen molar-refractivity contribution in [2.24, 2.45) is 0 Å². The summed E-state index contributed by atoms with van der Waals surface area (Å²) in [5.41, 5.74) is -1.80. The lowest BCUT2D eigenvalue weighted by Gasteiger charge is -2.37. The number of aliphatic hydroxyl groups is 2. The molecular weight excluding hydrogens is 469 g/mol. The third-order valence-corrected chi connectivity index (χ3v) is 6.92. The Labute approximate surface area is 159 Å².